The fourth-order valence-electron chi connectivity index (χ4n) is 1.86. The summed E-state index contributed by atoms with van der Waals surface area (Å²) >= 11 is 0. The normalized spacial score (nSPS) is 12.0. The molecule has 1 rings (SSSR count). The third kappa shape index (κ3) is 10.4. The number of aliphatic imine (C=N–C) groups is 1. The van der Waals surface area contributed by atoms with E-state index in [1.165, 1.54) is 17.5 Å². The lowest BCUT2D eigenvalue weighted by molar-refractivity contribution is -0.142. The molecular formula is C15H24F3IN4. The van der Waals surface area contributed by atoms with Gasteiger partial charge in [0.1, 0.15) is 0 Å². The van der Waals surface area contributed by atoms with Crippen LogP contribution in [0, 0.1) is 6.92 Å². The number of hydrogen-bond acceptors (Lipinski definition) is 2. The largest absolute Gasteiger partial charge is 0.401 e. The molecule has 0 aliphatic rings. The number of hydrogen-bond donors (Lipinski definition) is 2. The minimum atomic E-state index is -4.17. The van der Waals surface area contributed by atoms with Crippen LogP contribution in [-0.2, 0) is 6.54 Å². The second kappa shape index (κ2) is 10.7. The highest BCUT2D eigenvalue weighted by molar-refractivity contribution is 14.0. The Labute approximate surface area is 152 Å². The Balaban J connectivity index is 0.00000484. The maximum absolute atomic E-state index is 12.2. The Morgan fingerprint density at radius 3 is 2.30 bits per heavy atom. The average molecular weight is 444 g/mol. The number of halogens is 4. The highest BCUT2D eigenvalue weighted by atomic mass is 127. The number of guanidine groups is 1. The summed E-state index contributed by atoms with van der Waals surface area (Å²) in [5.74, 6) is 0.570. The molecule has 0 heterocycles. The van der Waals surface area contributed by atoms with Crippen molar-refractivity contribution in [3.8, 4) is 0 Å². The molecule has 4 nitrogen and oxygen atoms in total. The van der Waals surface area contributed by atoms with E-state index in [2.05, 4.69) is 15.6 Å². The molecule has 132 valence electrons. The zero-order valence-electron chi connectivity index (χ0n) is 13.6. The SMILES string of the molecule is CN=C(NCCN(C)CC(F)(F)F)NCc1ccc(C)cc1.I. The molecule has 0 bridgehead atoms. The summed E-state index contributed by atoms with van der Waals surface area (Å²) in [6.45, 7) is 2.39. The molecule has 1 aromatic rings. The van der Waals surface area contributed by atoms with Crippen LogP contribution < -0.4 is 10.6 Å². The van der Waals surface area contributed by atoms with E-state index in [0.717, 1.165) is 5.56 Å². The minimum Gasteiger partial charge on any atom is -0.355 e. The molecule has 0 amide bonds. The number of benzene rings is 1. The van der Waals surface area contributed by atoms with Crippen molar-refractivity contribution in [1.29, 1.82) is 0 Å². The highest BCUT2D eigenvalue weighted by Crippen LogP contribution is 2.14. The number of likely N-dealkylation sites (N-methyl/N-ethyl adjacent to an activating group) is 1. The summed E-state index contributed by atoms with van der Waals surface area (Å²) in [7, 11) is 3.07. The van der Waals surface area contributed by atoms with Gasteiger partial charge in [-0.2, -0.15) is 13.2 Å². The van der Waals surface area contributed by atoms with Gasteiger partial charge in [0.25, 0.3) is 0 Å². The quantitative estimate of drug-likeness (QED) is 0.403. The topological polar surface area (TPSA) is 39.7 Å². The van der Waals surface area contributed by atoms with Crippen LogP contribution in [0.15, 0.2) is 29.3 Å². The first-order valence-electron chi connectivity index (χ1n) is 7.05. The molecule has 0 aliphatic heterocycles. The number of rotatable bonds is 6. The van der Waals surface area contributed by atoms with Crippen molar-refractivity contribution < 1.29 is 13.2 Å². The summed E-state index contributed by atoms with van der Waals surface area (Å²) in [4.78, 5) is 5.27. The Morgan fingerprint density at radius 1 is 1.17 bits per heavy atom. The van der Waals surface area contributed by atoms with Crippen LogP contribution >= 0.6 is 24.0 Å². The number of alkyl halides is 3. The van der Waals surface area contributed by atoms with Crippen molar-refractivity contribution >= 4 is 29.9 Å². The Bertz CT molecular complexity index is 475. The van der Waals surface area contributed by atoms with Gasteiger partial charge in [0.2, 0.25) is 0 Å². The molecule has 0 atom stereocenters. The van der Waals surface area contributed by atoms with Crippen LogP contribution in [0.2, 0.25) is 0 Å². The number of nitrogens with zero attached hydrogens (tertiary/aromatic N) is 2. The van der Waals surface area contributed by atoms with Crippen LogP contribution in [0.3, 0.4) is 0 Å². The summed E-state index contributed by atoms with van der Waals surface area (Å²) in [5, 5.41) is 6.12. The first-order chi connectivity index (χ1) is 10.3. The first-order valence-corrected chi connectivity index (χ1v) is 7.05. The van der Waals surface area contributed by atoms with Gasteiger partial charge >= 0.3 is 6.18 Å². The average Bonchev–Trinajstić information content (AvgIpc) is 2.42. The number of nitrogens with one attached hydrogen (secondary N) is 2. The predicted molar refractivity (Wildman–Crippen MR) is 98.3 cm³/mol. The van der Waals surface area contributed by atoms with Gasteiger partial charge in [-0.05, 0) is 19.5 Å². The molecule has 2 N–H and O–H groups in total. The van der Waals surface area contributed by atoms with E-state index in [0.29, 0.717) is 19.0 Å². The highest BCUT2D eigenvalue weighted by Gasteiger charge is 2.28. The lowest BCUT2D eigenvalue weighted by Gasteiger charge is -2.19. The maximum Gasteiger partial charge on any atom is 0.401 e. The van der Waals surface area contributed by atoms with E-state index in [1.807, 2.05) is 31.2 Å². The van der Waals surface area contributed by atoms with Gasteiger partial charge in [0, 0.05) is 26.7 Å². The smallest absolute Gasteiger partial charge is 0.355 e. The summed E-state index contributed by atoms with van der Waals surface area (Å²) in [6, 6.07) is 8.10. The molecular weight excluding hydrogens is 420 g/mol. The molecule has 0 radical (unpaired) electrons. The molecule has 8 heteroatoms. The van der Waals surface area contributed by atoms with Crippen LogP contribution in [-0.4, -0.2) is 50.8 Å². The van der Waals surface area contributed by atoms with Crippen LogP contribution in [0.1, 0.15) is 11.1 Å². The van der Waals surface area contributed by atoms with Gasteiger partial charge in [-0.3, -0.25) is 9.89 Å². The summed E-state index contributed by atoms with van der Waals surface area (Å²) in [6.07, 6.45) is -4.17. The van der Waals surface area contributed by atoms with Gasteiger partial charge < -0.3 is 10.6 Å². The third-order valence-electron chi connectivity index (χ3n) is 3.04. The minimum absolute atomic E-state index is 0. The molecule has 1 aromatic carbocycles. The molecule has 0 saturated heterocycles. The molecule has 23 heavy (non-hydrogen) atoms. The molecule has 0 aliphatic carbocycles. The molecule has 0 unspecified atom stereocenters. The van der Waals surface area contributed by atoms with Crippen LogP contribution in [0.4, 0.5) is 13.2 Å². The van der Waals surface area contributed by atoms with Gasteiger partial charge in [-0.15, -0.1) is 24.0 Å². The number of aryl methyl sites for hydroxylation is 1. The Morgan fingerprint density at radius 2 is 1.78 bits per heavy atom. The maximum atomic E-state index is 12.2. The second-order valence-electron chi connectivity index (χ2n) is 5.19. The van der Waals surface area contributed by atoms with Crippen molar-refractivity contribution in [3.05, 3.63) is 35.4 Å². The van der Waals surface area contributed by atoms with Crippen molar-refractivity contribution in [2.45, 2.75) is 19.6 Å². The van der Waals surface area contributed by atoms with Gasteiger partial charge in [-0.1, -0.05) is 29.8 Å². The fourth-order valence-corrected chi connectivity index (χ4v) is 1.86. The van der Waals surface area contributed by atoms with E-state index in [-0.39, 0.29) is 30.5 Å². The standard InChI is InChI=1S/C15H23F3N4.HI/c1-12-4-6-13(7-5-12)10-21-14(19-2)20-8-9-22(3)11-15(16,17)18;/h4-7H,8-11H2,1-3H3,(H2,19,20,21);1H. The molecule has 0 spiro atoms. The molecule has 0 saturated carbocycles. The van der Waals surface area contributed by atoms with Crippen LogP contribution in [0.25, 0.3) is 0 Å². The van der Waals surface area contributed by atoms with Crippen molar-refractivity contribution in [3.63, 3.8) is 0 Å². The van der Waals surface area contributed by atoms with E-state index in [9.17, 15) is 13.2 Å². The Hall–Kier alpha value is -1.03. The fraction of sp³-hybridized carbons (Fsp3) is 0.533. The van der Waals surface area contributed by atoms with Crippen LogP contribution in [0.5, 0.6) is 0 Å². The third-order valence-corrected chi connectivity index (χ3v) is 3.04. The van der Waals surface area contributed by atoms with E-state index in [4.69, 9.17) is 0 Å². The van der Waals surface area contributed by atoms with Crippen molar-refractivity contribution in [2.75, 3.05) is 33.7 Å². The van der Waals surface area contributed by atoms with Crippen molar-refractivity contribution in [2.24, 2.45) is 4.99 Å². The van der Waals surface area contributed by atoms with Gasteiger partial charge in [-0.25, -0.2) is 0 Å². The lowest BCUT2D eigenvalue weighted by atomic mass is 10.1. The van der Waals surface area contributed by atoms with E-state index >= 15 is 0 Å². The molecule has 0 fully saturated rings. The Kier molecular flexibility index (Phi) is 10.2. The predicted octanol–water partition coefficient (Wildman–Crippen LogP) is 2.77. The lowest BCUT2D eigenvalue weighted by Crippen LogP contribution is -2.42. The zero-order valence-corrected chi connectivity index (χ0v) is 15.9. The molecule has 0 aromatic heterocycles. The monoisotopic (exact) mass is 444 g/mol. The van der Waals surface area contributed by atoms with E-state index < -0.39 is 12.7 Å². The summed E-state index contributed by atoms with van der Waals surface area (Å²) in [5.41, 5.74) is 2.31. The van der Waals surface area contributed by atoms with E-state index in [1.54, 1.807) is 7.05 Å². The van der Waals surface area contributed by atoms with Crippen molar-refractivity contribution in [1.82, 2.24) is 15.5 Å². The zero-order chi connectivity index (χ0) is 16.6. The summed E-state index contributed by atoms with van der Waals surface area (Å²) < 4.78 is 36.6. The van der Waals surface area contributed by atoms with Gasteiger partial charge in [0.15, 0.2) is 5.96 Å². The second-order valence-corrected chi connectivity index (χ2v) is 5.19. The first kappa shape index (κ1) is 22.0. The van der Waals surface area contributed by atoms with Gasteiger partial charge in [0.05, 0.1) is 6.54 Å².